The molecule has 32 heavy (non-hydrogen) atoms. The molecule has 2 aromatic rings. The maximum atomic E-state index is 13.7. The fraction of sp³-hybridized carbons (Fsp3) is 0.364. The van der Waals surface area contributed by atoms with E-state index in [2.05, 4.69) is 5.32 Å². The Morgan fingerprint density at radius 3 is 2.34 bits per heavy atom. The zero-order valence-corrected chi connectivity index (χ0v) is 18.9. The van der Waals surface area contributed by atoms with Gasteiger partial charge in [-0.05, 0) is 62.2 Å². The molecule has 0 saturated carbocycles. The molecular weight excluding hydrogens is 440 g/mol. The molecule has 1 saturated heterocycles. The predicted molar refractivity (Wildman–Crippen MR) is 116 cm³/mol. The smallest absolute Gasteiger partial charge is 0.247 e. The maximum absolute atomic E-state index is 13.7. The molecule has 1 aliphatic rings. The molecule has 0 aliphatic carbocycles. The second kappa shape index (κ2) is 8.95. The number of halogens is 2. The van der Waals surface area contributed by atoms with Gasteiger partial charge in [0.25, 0.3) is 0 Å². The Morgan fingerprint density at radius 2 is 1.75 bits per heavy atom. The highest BCUT2D eigenvalue weighted by atomic mass is 32.2. The number of piperazine rings is 1. The van der Waals surface area contributed by atoms with Gasteiger partial charge in [0.05, 0.1) is 12.3 Å². The van der Waals surface area contributed by atoms with Crippen LogP contribution in [-0.4, -0.2) is 48.9 Å². The number of carbonyl (C=O) groups excluding carboxylic acids is 2. The van der Waals surface area contributed by atoms with Gasteiger partial charge < -0.3 is 5.32 Å². The summed E-state index contributed by atoms with van der Waals surface area (Å²) in [5.41, 5.74) is -0.208. The monoisotopic (exact) mass is 465 g/mol. The minimum Gasteiger partial charge on any atom is -0.350 e. The third-order valence-corrected chi connectivity index (χ3v) is 7.33. The third-order valence-electron chi connectivity index (χ3n) is 5.55. The molecule has 1 atom stereocenters. The number of sulfonamides is 1. The number of nitrogens with one attached hydrogen (secondary N) is 1. The molecular formula is C22H25F2N3O4S. The predicted octanol–water partition coefficient (Wildman–Crippen LogP) is 2.35. The van der Waals surface area contributed by atoms with Crippen molar-refractivity contribution in [3.63, 3.8) is 0 Å². The molecule has 0 radical (unpaired) electrons. The number of hydrogen-bond acceptors (Lipinski definition) is 4. The molecule has 0 bridgehead atoms. The van der Waals surface area contributed by atoms with Crippen LogP contribution in [0.2, 0.25) is 0 Å². The Morgan fingerprint density at radius 1 is 1.12 bits per heavy atom. The highest BCUT2D eigenvalue weighted by molar-refractivity contribution is 7.89. The molecule has 172 valence electrons. The molecule has 0 unspecified atom stereocenters. The summed E-state index contributed by atoms with van der Waals surface area (Å²) in [6.07, 6.45) is 0. The van der Waals surface area contributed by atoms with Crippen LogP contribution in [0.3, 0.4) is 0 Å². The van der Waals surface area contributed by atoms with Crippen LogP contribution in [0.1, 0.15) is 25.0 Å². The van der Waals surface area contributed by atoms with E-state index in [-0.39, 0.29) is 18.8 Å². The van der Waals surface area contributed by atoms with E-state index in [0.29, 0.717) is 16.8 Å². The van der Waals surface area contributed by atoms with Gasteiger partial charge in [-0.15, -0.1) is 0 Å². The number of amides is 2. The normalized spacial score (nSPS) is 19.8. The number of nitrogens with zero attached hydrogens (tertiary/aromatic N) is 2. The number of aryl methyl sites for hydroxylation is 1. The van der Waals surface area contributed by atoms with Crippen LogP contribution in [0.5, 0.6) is 0 Å². The summed E-state index contributed by atoms with van der Waals surface area (Å²) in [5.74, 6) is -2.31. The van der Waals surface area contributed by atoms with E-state index in [0.717, 1.165) is 4.31 Å². The summed E-state index contributed by atoms with van der Waals surface area (Å²) in [7, 11) is -3.75. The van der Waals surface area contributed by atoms with Gasteiger partial charge in [0, 0.05) is 18.8 Å². The van der Waals surface area contributed by atoms with Gasteiger partial charge in [-0.25, -0.2) is 17.2 Å². The maximum Gasteiger partial charge on any atom is 0.247 e. The summed E-state index contributed by atoms with van der Waals surface area (Å²) >= 11 is 0. The van der Waals surface area contributed by atoms with Crippen molar-refractivity contribution in [3.8, 4) is 0 Å². The summed E-state index contributed by atoms with van der Waals surface area (Å²) in [6.45, 7) is 3.92. The Kier molecular flexibility index (Phi) is 6.66. The molecule has 10 heteroatoms. The summed E-state index contributed by atoms with van der Waals surface area (Å²) < 4.78 is 52.9. The van der Waals surface area contributed by atoms with Gasteiger partial charge in [0.15, 0.2) is 0 Å². The fourth-order valence-corrected chi connectivity index (χ4v) is 4.88. The topological polar surface area (TPSA) is 86.8 Å². The van der Waals surface area contributed by atoms with E-state index in [1.807, 2.05) is 0 Å². The highest BCUT2D eigenvalue weighted by Gasteiger charge is 2.50. The third kappa shape index (κ3) is 4.66. The lowest BCUT2D eigenvalue weighted by Gasteiger charge is -2.47. The SMILES string of the molecule is CCS(=O)(=O)N1CC(=O)N(c2ccc(F)cc2C)[C@@](C)(C(=O)NCc2ccc(F)cc2)C1. The molecule has 2 amide bonds. The van der Waals surface area contributed by atoms with Crippen LogP contribution < -0.4 is 10.2 Å². The van der Waals surface area contributed by atoms with Crippen LogP contribution in [0.15, 0.2) is 42.5 Å². The number of rotatable bonds is 6. The minimum atomic E-state index is -3.75. The number of carbonyl (C=O) groups is 2. The Labute approximate surface area is 186 Å². The number of hydrogen-bond donors (Lipinski definition) is 1. The van der Waals surface area contributed by atoms with E-state index in [1.54, 1.807) is 6.92 Å². The second-order valence-electron chi connectivity index (χ2n) is 7.91. The lowest BCUT2D eigenvalue weighted by Crippen LogP contribution is -2.70. The molecule has 1 aliphatic heterocycles. The average Bonchev–Trinajstić information content (AvgIpc) is 2.74. The van der Waals surface area contributed by atoms with Crippen molar-refractivity contribution in [2.45, 2.75) is 32.9 Å². The standard InChI is InChI=1S/C22H25F2N3O4S/c1-4-32(30,31)26-13-20(28)27(19-10-9-18(24)11-15(19)2)22(3,14-26)21(29)25-12-16-5-7-17(23)8-6-16/h5-11H,4,12-14H2,1-3H3,(H,25,29)/t22-/m1/s1. The molecule has 7 nitrogen and oxygen atoms in total. The van der Waals surface area contributed by atoms with E-state index in [1.165, 1.54) is 61.2 Å². The van der Waals surface area contributed by atoms with Crippen molar-refractivity contribution < 1.29 is 26.8 Å². The fourth-order valence-electron chi connectivity index (χ4n) is 3.76. The van der Waals surface area contributed by atoms with Crippen molar-refractivity contribution in [3.05, 3.63) is 65.2 Å². The van der Waals surface area contributed by atoms with Gasteiger partial charge in [-0.2, -0.15) is 4.31 Å². The zero-order chi connectivity index (χ0) is 23.7. The summed E-state index contributed by atoms with van der Waals surface area (Å²) in [5, 5.41) is 2.72. The summed E-state index contributed by atoms with van der Waals surface area (Å²) in [6, 6.07) is 9.38. The first-order chi connectivity index (χ1) is 15.0. The van der Waals surface area contributed by atoms with Gasteiger partial charge in [0.1, 0.15) is 17.2 Å². The molecule has 2 aromatic carbocycles. The molecule has 1 fully saturated rings. The largest absolute Gasteiger partial charge is 0.350 e. The summed E-state index contributed by atoms with van der Waals surface area (Å²) in [4.78, 5) is 27.7. The molecule has 3 rings (SSSR count). The molecule has 1 N–H and O–H groups in total. The highest BCUT2D eigenvalue weighted by Crippen LogP contribution is 2.33. The molecule has 0 spiro atoms. The van der Waals surface area contributed by atoms with Crippen molar-refractivity contribution >= 4 is 27.5 Å². The number of benzene rings is 2. The molecule has 1 heterocycles. The van der Waals surface area contributed by atoms with Crippen LogP contribution in [0.4, 0.5) is 14.5 Å². The Bertz CT molecular complexity index is 1140. The van der Waals surface area contributed by atoms with Crippen LogP contribution in [-0.2, 0) is 26.2 Å². The average molecular weight is 466 g/mol. The van der Waals surface area contributed by atoms with E-state index >= 15 is 0 Å². The minimum absolute atomic E-state index is 0.0552. The van der Waals surface area contributed by atoms with E-state index in [9.17, 15) is 26.8 Å². The van der Waals surface area contributed by atoms with Crippen molar-refractivity contribution in [1.82, 2.24) is 9.62 Å². The van der Waals surface area contributed by atoms with Crippen LogP contribution in [0.25, 0.3) is 0 Å². The first-order valence-electron chi connectivity index (χ1n) is 10.1. The van der Waals surface area contributed by atoms with Crippen LogP contribution in [0, 0.1) is 18.6 Å². The van der Waals surface area contributed by atoms with Gasteiger partial charge in [0.2, 0.25) is 21.8 Å². The van der Waals surface area contributed by atoms with Crippen LogP contribution >= 0.6 is 0 Å². The van der Waals surface area contributed by atoms with Gasteiger partial charge in [-0.3, -0.25) is 14.5 Å². The van der Waals surface area contributed by atoms with Crippen molar-refractivity contribution in [2.75, 3.05) is 23.7 Å². The Hall–Kier alpha value is -2.85. The Balaban J connectivity index is 1.99. The number of anilines is 1. The molecule has 0 aromatic heterocycles. The van der Waals surface area contributed by atoms with Gasteiger partial charge >= 0.3 is 0 Å². The van der Waals surface area contributed by atoms with E-state index < -0.39 is 45.6 Å². The quantitative estimate of drug-likeness (QED) is 0.710. The van der Waals surface area contributed by atoms with Crippen molar-refractivity contribution in [2.24, 2.45) is 0 Å². The lowest BCUT2D eigenvalue weighted by atomic mass is 9.93. The first-order valence-corrected chi connectivity index (χ1v) is 11.7. The zero-order valence-electron chi connectivity index (χ0n) is 18.1. The first kappa shape index (κ1) is 23.8. The lowest BCUT2D eigenvalue weighted by molar-refractivity contribution is -0.133. The second-order valence-corrected chi connectivity index (χ2v) is 10.2. The van der Waals surface area contributed by atoms with Crippen molar-refractivity contribution in [1.29, 1.82) is 0 Å². The van der Waals surface area contributed by atoms with E-state index in [4.69, 9.17) is 0 Å². The van der Waals surface area contributed by atoms with Gasteiger partial charge in [-0.1, -0.05) is 12.1 Å².